The molecule has 0 bridgehead atoms. The SMILES string of the molecule is C[C@]12CCC(=O)C=C1CCC1C2CC[C@]2(C)C(c3cncc(C(F)F)c3)=CCC12. The van der Waals surface area contributed by atoms with Crippen LogP contribution in [0.2, 0.25) is 0 Å². The summed E-state index contributed by atoms with van der Waals surface area (Å²) in [7, 11) is 0. The lowest BCUT2D eigenvalue weighted by Gasteiger charge is -2.57. The average Bonchev–Trinajstić information content (AvgIpc) is 3.06. The van der Waals surface area contributed by atoms with Gasteiger partial charge in [0.1, 0.15) is 0 Å². The maximum absolute atomic E-state index is 13.2. The molecule has 1 heterocycles. The fourth-order valence-electron chi connectivity index (χ4n) is 7.30. The molecule has 2 fully saturated rings. The molecule has 0 amide bonds. The third kappa shape index (κ3) is 2.78. The van der Waals surface area contributed by atoms with E-state index in [2.05, 4.69) is 24.9 Å². The first kappa shape index (κ1) is 19.1. The molecule has 3 unspecified atom stereocenters. The van der Waals surface area contributed by atoms with E-state index in [-0.39, 0.29) is 16.4 Å². The fraction of sp³-hybridized carbons (Fsp3) is 0.600. The molecule has 0 radical (unpaired) electrons. The number of hydrogen-bond donors (Lipinski definition) is 0. The second kappa shape index (κ2) is 6.58. The number of hydrogen-bond acceptors (Lipinski definition) is 2. The molecule has 4 aliphatic rings. The Labute approximate surface area is 171 Å². The van der Waals surface area contributed by atoms with Gasteiger partial charge in [-0.3, -0.25) is 9.78 Å². The minimum atomic E-state index is -2.48. The summed E-state index contributed by atoms with van der Waals surface area (Å²) in [5, 5.41) is 0. The highest BCUT2D eigenvalue weighted by Crippen LogP contribution is 2.66. The molecule has 1 aromatic heterocycles. The Morgan fingerprint density at radius 2 is 1.90 bits per heavy atom. The summed E-state index contributed by atoms with van der Waals surface area (Å²) in [6.07, 6.45) is 11.9. The van der Waals surface area contributed by atoms with E-state index < -0.39 is 6.43 Å². The second-order valence-corrected chi connectivity index (χ2v) is 10.1. The third-order valence-electron chi connectivity index (χ3n) is 8.87. The predicted octanol–water partition coefficient (Wildman–Crippen LogP) is 6.54. The predicted molar refractivity (Wildman–Crippen MR) is 109 cm³/mol. The van der Waals surface area contributed by atoms with E-state index in [1.165, 1.54) is 17.3 Å². The molecule has 0 spiro atoms. The minimum Gasteiger partial charge on any atom is -0.295 e. The van der Waals surface area contributed by atoms with E-state index in [9.17, 15) is 13.6 Å². The van der Waals surface area contributed by atoms with Gasteiger partial charge in [-0.2, -0.15) is 0 Å². The van der Waals surface area contributed by atoms with Crippen LogP contribution in [-0.4, -0.2) is 10.8 Å². The molecular formula is C25H29F2NO. The number of nitrogens with zero attached hydrogens (tertiary/aromatic N) is 1. The Balaban J connectivity index is 1.46. The second-order valence-electron chi connectivity index (χ2n) is 10.1. The zero-order valence-corrected chi connectivity index (χ0v) is 17.3. The topological polar surface area (TPSA) is 30.0 Å². The van der Waals surface area contributed by atoms with Crippen molar-refractivity contribution in [2.75, 3.05) is 0 Å². The quantitative estimate of drug-likeness (QED) is 0.567. The van der Waals surface area contributed by atoms with E-state index in [4.69, 9.17) is 0 Å². The number of alkyl halides is 2. The normalized spacial score (nSPS) is 38.8. The van der Waals surface area contributed by atoms with Crippen molar-refractivity contribution in [3.8, 4) is 0 Å². The van der Waals surface area contributed by atoms with Gasteiger partial charge in [-0.1, -0.05) is 25.5 Å². The maximum Gasteiger partial charge on any atom is 0.265 e. The molecule has 0 aliphatic heterocycles. The number of aromatic nitrogens is 1. The van der Waals surface area contributed by atoms with Gasteiger partial charge in [0.2, 0.25) is 0 Å². The van der Waals surface area contributed by atoms with Crippen LogP contribution in [0.15, 0.2) is 36.2 Å². The van der Waals surface area contributed by atoms with Gasteiger partial charge < -0.3 is 0 Å². The lowest BCUT2D eigenvalue weighted by Crippen LogP contribution is -2.49. The van der Waals surface area contributed by atoms with Crippen LogP contribution < -0.4 is 0 Å². The highest BCUT2D eigenvalue weighted by atomic mass is 19.3. The van der Waals surface area contributed by atoms with Crippen molar-refractivity contribution < 1.29 is 13.6 Å². The Bertz CT molecular complexity index is 919. The number of carbonyl (C=O) groups excluding carboxylic acids is 1. The average molecular weight is 398 g/mol. The zero-order valence-electron chi connectivity index (χ0n) is 17.3. The van der Waals surface area contributed by atoms with Crippen LogP contribution in [0, 0.1) is 28.6 Å². The number of ketones is 1. The smallest absolute Gasteiger partial charge is 0.265 e. The van der Waals surface area contributed by atoms with Crippen LogP contribution >= 0.6 is 0 Å². The highest BCUT2D eigenvalue weighted by molar-refractivity contribution is 5.91. The van der Waals surface area contributed by atoms with Crippen molar-refractivity contribution in [1.82, 2.24) is 4.98 Å². The monoisotopic (exact) mass is 397 g/mol. The third-order valence-corrected chi connectivity index (χ3v) is 8.87. The summed E-state index contributed by atoms with van der Waals surface area (Å²) in [6.45, 7) is 4.74. The summed E-state index contributed by atoms with van der Waals surface area (Å²) in [6, 6.07) is 1.64. The molecule has 1 aromatic rings. The Kier molecular flexibility index (Phi) is 4.34. The van der Waals surface area contributed by atoms with Gasteiger partial charge in [-0.05, 0) is 90.4 Å². The molecule has 0 aromatic carbocycles. The van der Waals surface area contributed by atoms with Crippen LogP contribution in [0.5, 0.6) is 0 Å². The summed E-state index contributed by atoms with van der Waals surface area (Å²) in [5.74, 6) is 2.13. The lowest BCUT2D eigenvalue weighted by molar-refractivity contribution is -0.117. The molecule has 5 atom stereocenters. The van der Waals surface area contributed by atoms with Crippen molar-refractivity contribution in [3.05, 3.63) is 47.3 Å². The van der Waals surface area contributed by atoms with Crippen molar-refractivity contribution in [1.29, 1.82) is 0 Å². The Hall–Kier alpha value is -1.84. The molecule has 0 N–H and O–H groups in total. The van der Waals surface area contributed by atoms with Crippen molar-refractivity contribution in [2.45, 2.75) is 65.2 Å². The van der Waals surface area contributed by atoms with Crippen molar-refractivity contribution >= 4 is 11.4 Å². The zero-order chi connectivity index (χ0) is 20.4. The summed E-state index contributed by atoms with van der Waals surface area (Å²) >= 11 is 0. The van der Waals surface area contributed by atoms with Gasteiger partial charge in [0.15, 0.2) is 5.78 Å². The molecule has 5 rings (SSSR count). The molecule has 2 nitrogen and oxygen atoms in total. The first-order valence-corrected chi connectivity index (χ1v) is 11.0. The number of pyridine rings is 1. The van der Waals surface area contributed by atoms with E-state index in [1.54, 1.807) is 12.3 Å². The van der Waals surface area contributed by atoms with E-state index in [0.717, 1.165) is 44.1 Å². The fourth-order valence-corrected chi connectivity index (χ4v) is 7.30. The number of rotatable bonds is 2. The van der Waals surface area contributed by atoms with Crippen LogP contribution in [-0.2, 0) is 4.79 Å². The van der Waals surface area contributed by atoms with Crippen LogP contribution in [0.3, 0.4) is 0 Å². The van der Waals surface area contributed by atoms with E-state index in [1.807, 2.05) is 6.08 Å². The first-order chi connectivity index (χ1) is 13.8. The van der Waals surface area contributed by atoms with Gasteiger partial charge in [0.05, 0.1) is 0 Å². The number of fused-ring (bicyclic) bond motifs is 5. The number of carbonyl (C=O) groups is 1. The van der Waals surface area contributed by atoms with Crippen LogP contribution in [0.1, 0.15) is 76.3 Å². The van der Waals surface area contributed by atoms with Crippen LogP contribution in [0.4, 0.5) is 8.78 Å². The maximum atomic E-state index is 13.2. The van der Waals surface area contributed by atoms with Gasteiger partial charge in [0.25, 0.3) is 6.43 Å². The summed E-state index contributed by atoms with van der Waals surface area (Å²) < 4.78 is 26.4. The molecular weight excluding hydrogens is 368 g/mol. The first-order valence-electron chi connectivity index (χ1n) is 11.0. The molecule has 4 aliphatic carbocycles. The summed E-state index contributed by atoms with van der Waals surface area (Å²) in [4.78, 5) is 16.1. The molecule has 29 heavy (non-hydrogen) atoms. The number of halogens is 2. The minimum absolute atomic E-state index is 0.0102. The van der Waals surface area contributed by atoms with E-state index >= 15 is 0 Å². The van der Waals surface area contributed by atoms with Gasteiger partial charge in [0, 0.05) is 24.4 Å². The number of allylic oxidation sites excluding steroid dienone is 4. The summed E-state index contributed by atoms with van der Waals surface area (Å²) in [5.41, 5.74) is 3.69. The molecule has 154 valence electrons. The van der Waals surface area contributed by atoms with E-state index in [0.29, 0.717) is 30.0 Å². The van der Waals surface area contributed by atoms with Crippen molar-refractivity contribution in [3.63, 3.8) is 0 Å². The standard InChI is InChI=1S/C25H29F2NO/c1-24-9-7-18(29)12-17(24)3-4-19-21-6-5-20(25(21,2)10-8-22(19)24)15-11-16(23(26)27)14-28-13-15/h5,11-14,19,21-23H,3-4,6-10H2,1-2H3/t19?,21?,22?,24-,25+/m0/s1. The molecule has 4 heteroatoms. The largest absolute Gasteiger partial charge is 0.295 e. The van der Waals surface area contributed by atoms with Gasteiger partial charge in [-0.25, -0.2) is 8.78 Å². The molecule has 0 saturated heterocycles. The van der Waals surface area contributed by atoms with Crippen LogP contribution in [0.25, 0.3) is 5.57 Å². The van der Waals surface area contributed by atoms with Gasteiger partial charge in [-0.15, -0.1) is 0 Å². The van der Waals surface area contributed by atoms with Gasteiger partial charge >= 0.3 is 0 Å². The highest BCUT2D eigenvalue weighted by Gasteiger charge is 2.57. The molecule has 2 saturated carbocycles. The Morgan fingerprint density at radius 1 is 1.07 bits per heavy atom. The lowest BCUT2D eigenvalue weighted by atomic mass is 9.46. The Morgan fingerprint density at radius 3 is 2.69 bits per heavy atom. The van der Waals surface area contributed by atoms with Crippen molar-refractivity contribution in [2.24, 2.45) is 28.6 Å².